The van der Waals surface area contributed by atoms with Crippen molar-refractivity contribution >= 4 is 5.82 Å². The SMILES string of the molecule is CC(C)OC1CN(c2ncc(-c3ccccc3F)cc2F)C1. The zero-order valence-electron chi connectivity index (χ0n) is 12.6. The van der Waals surface area contributed by atoms with Gasteiger partial charge in [-0.15, -0.1) is 0 Å². The Kier molecular flexibility index (Phi) is 4.07. The molecule has 0 radical (unpaired) electrons. The topological polar surface area (TPSA) is 25.4 Å². The molecular weight excluding hydrogens is 286 g/mol. The van der Waals surface area contributed by atoms with Crippen LogP contribution in [0.15, 0.2) is 36.5 Å². The van der Waals surface area contributed by atoms with Crippen molar-refractivity contribution in [1.29, 1.82) is 0 Å². The maximum Gasteiger partial charge on any atom is 0.166 e. The Bertz CT molecular complexity index is 669. The van der Waals surface area contributed by atoms with E-state index >= 15 is 0 Å². The largest absolute Gasteiger partial charge is 0.372 e. The lowest BCUT2D eigenvalue weighted by Crippen LogP contribution is -2.53. The van der Waals surface area contributed by atoms with Gasteiger partial charge >= 0.3 is 0 Å². The van der Waals surface area contributed by atoms with Crippen LogP contribution in [0.1, 0.15) is 13.8 Å². The summed E-state index contributed by atoms with van der Waals surface area (Å²) in [5.74, 6) is -0.529. The van der Waals surface area contributed by atoms with Crippen LogP contribution in [0.25, 0.3) is 11.1 Å². The Morgan fingerprint density at radius 1 is 1.18 bits per heavy atom. The van der Waals surface area contributed by atoms with Crippen molar-refractivity contribution in [2.75, 3.05) is 18.0 Å². The molecule has 1 fully saturated rings. The monoisotopic (exact) mass is 304 g/mol. The highest BCUT2D eigenvalue weighted by Crippen LogP contribution is 2.28. The summed E-state index contributed by atoms with van der Waals surface area (Å²) in [7, 11) is 0. The third kappa shape index (κ3) is 2.95. The Labute approximate surface area is 128 Å². The van der Waals surface area contributed by atoms with Crippen LogP contribution >= 0.6 is 0 Å². The number of halogens is 2. The van der Waals surface area contributed by atoms with Crippen molar-refractivity contribution in [3.05, 3.63) is 48.2 Å². The maximum absolute atomic E-state index is 14.3. The number of nitrogens with zero attached hydrogens (tertiary/aromatic N) is 2. The van der Waals surface area contributed by atoms with Crippen LogP contribution in [0.2, 0.25) is 0 Å². The second-order valence-electron chi connectivity index (χ2n) is 5.72. The Morgan fingerprint density at radius 3 is 2.55 bits per heavy atom. The van der Waals surface area contributed by atoms with E-state index in [1.165, 1.54) is 18.3 Å². The van der Waals surface area contributed by atoms with Gasteiger partial charge in [0.15, 0.2) is 11.6 Å². The van der Waals surface area contributed by atoms with Gasteiger partial charge in [-0.2, -0.15) is 0 Å². The number of ether oxygens (including phenoxy) is 1. The third-order valence-electron chi connectivity index (χ3n) is 3.62. The normalized spacial score (nSPS) is 15.2. The maximum atomic E-state index is 14.3. The molecule has 2 aromatic rings. The number of rotatable bonds is 4. The zero-order valence-corrected chi connectivity index (χ0v) is 12.6. The molecule has 1 saturated heterocycles. The molecule has 5 heteroatoms. The van der Waals surface area contributed by atoms with Gasteiger partial charge < -0.3 is 9.64 Å². The van der Waals surface area contributed by atoms with E-state index in [4.69, 9.17) is 4.74 Å². The minimum Gasteiger partial charge on any atom is -0.372 e. The second kappa shape index (κ2) is 6.01. The van der Waals surface area contributed by atoms with E-state index in [-0.39, 0.29) is 18.0 Å². The predicted molar refractivity (Wildman–Crippen MR) is 81.8 cm³/mol. The van der Waals surface area contributed by atoms with Crippen molar-refractivity contribution < 1.29 is 13.5 Å². The summed E-state index contributed by atoms with van der Waals surface area (Å²) in [5.41, 5.74) is 0.792. The summed E-state index contributed by atoms with van der Waals surface area (Å²) in [5, 5.41) is 0. The first kappa shape index (κ1) is 14.9. The Balaban J connectivity index is 1.76. The van der Waals surface area contributed by atoms with E-state index in [1.54, 1.807) is 18.2 Å². The molecule has 0 atom stereocenters. The molecule has 0 unspecified atom stereocenters. The molecule has 0 aliphatic carbocycles. The van der Waals surface area contributed by atoms with Gasteiger partial charge in [-0.3, -0.25) is 0 Å². The average molecular weight is 304 g/mol. The van der Waals surface area contributed by atoms with Crippen LogP contribution in [0.4, 0.5) is 14.6 Å². The summed E-state index contributed by atoms with van der Waals surface area (Å²) in [6, 6.07) is 7.61. The number of pyridine rings is 1. The minimum absolute atomic E-state index is 0.118. The quantitative estimate of drug-likeness (QED) is 0.862. The molecule has 3 rings (SSSR count). The molecule has 1 aromatic heterocycles. The molecule has 0 bridgehead atoms. The van der Waals surface area contributed by atoms with Crippen LogP contribution in [-0.4, -0.2) is 30.3 Å². The van der Waals surface area contributed by atoms with E-state index in [0.717, 1.165) is 0 Å². The fourth-order valence-electron chi connectivity index (χ4n) is 2.59. The highest BCUT2D eigenvalue weighted by Gasteiger charge is 2.31. The second-order valence-corrected chi connectivity index (χ2v) is 5.72. The van der Waals surface area contributed by atoms with Crippen LogP contribution in [0.5, 0.6) is 0 Å². The fourth-order valence-corrected chi connectivity index (χ4v) is 2.59. The van der Waals surface area contributed by atoms with E-state index < -0.39 is 5.82 Å². The van der Waals surface area contributed by atoms with Crippen LogP contribution in [-0.2, 0) is 4.74 Å². The standard InChI is InChI=1S/C17H18F2N2O/c1-11(2)22-13-9-21(10-13)17-16(19)7-12(8-20-17)14-5-3-4-6-15(14)18/h3-8,11,13H,9-10H2,1-2H3. The van der Waals surface area contributed by atoms with Crippen molar-refractivity contribution in [1.82, 2.24) is 4.98 Å². The molecule has 0 saturated carbocycles. The lowest BCUT2D eigenvalue weighted by atomic mass is 10.1. The summed E-state index contributed by atoms with van der Waals surface area (Å²) >= 11 is 0. The lowest BCUT2D eigenvalue weighted by molar-refractivity contribution is -0.00766. The van der Waals surface area contributed by atoms with E-state index in [0.29, 0.717) is 30.0 Å². The average Bonchev–Trinajstić information content (AvgIpc) is 2.43. The van der Waals surface area contributed by atoms with Crippen molar-refractivity contribution in [2.45, 2.75) is 26.1 Å². The van der Waals surface area contributed by atoms with Gasteiger partial charge in [0.2, 0.25) is 0 Å². The summed E-state index contributed by atoms with van der Waals surface area (Å²) in [6.07, 6.45) is 1.79. The molecule has 0 spiro atoms. The summed E-state index contributed by atoms with van der Waals surface area (Å²) in [6.45, 7) is 5.21. The fraction of sp³-hybridized carbons (Fsp3) is 0.353. The van der Waals surface area contributed by atoms with Crippen LogP contribution < -0.4 is 4.90 Å². The molecule has 2 heterocycles. The lowest BCUT2D eigenvalue weighted by Gasteiger charge is -2.40. The van der Waals surface area contributed by atoms with Gasteiger partial charge in [-0.25, -0.2) is 13.8 Å². The zero-order chi connectivity index (χ0) is 15.7. The van der Waals surface area contributed by atoms with E-state index in [1.807, 2.05) is 18.7 Å². The van der Waals surface area contributed by atoms with Gasteiger partial charge in [-0.1, -0.05) is 18.2 Å². The highest BCUT2D eigenvalue weighted by molar-refractivity contribution is 5.65. The van der Waals surface area contributed by atoms with Gasteiger partial charge in [0.1, 0.15) is 5.82 Å². The Hall–Kier alpha value is -2.01. The van der Waals surface area contributed by atoms with Crippen molar-refractivity contribution in [2.24, 2.45) is 0 Å². The highest BCUT2D eigenvalue weighted by atomic mass is 19.1. The molecule has 0 amide bonds. The molecule has 1 aromatic carbocycles. The summed E-state index contributed by atoms with van der Waals surface area (Å²) < 4.78 is 33.6. The molecule has 116 valence electrons. The van der Waals surface area contributed by atoms with Crippen LogP contribution in [0.3, 0.4) is 0 Å². The number of hydrogen-bond acceptors (Lipinski definition) is 3. The molecular formula is C17H18F2N2O. The number of anilines is 1. The van der Waals surface area contributed by atoms with E-state index in [9.17, 15) is 8.78 Å². The van der Waals surface area contributed by atoms with Gasteiger partial charge in [0.25, 0.3) is 0 Å². The molecule has 0 N–H and O–H groups in total. The van der Waals surface area contributed by atoms with Gasteiger partial charge in [0.05, 0.1) is 12.2 Å². The third-order valence-corrected chi connectivity index (χ3v) is 3.62. The Morgan fingerprint density at radius 2 is 1.91 bits per heavy atom. The smallest absolute Gasteiger partial charge is 0.166 e. The van der Waals surface area contributed by atoms with Crippen molar-refractivity contribution in [3.63, 3.8) is 0 Å². The van der Waals surface area contributed by atoms with Gasteiger partial charge in [-0.05, 0) is 26.0 Å². The molecule has 3 nitrogen and oxygen atoms in total. The predicted octanol–water partition coefficient (Wildman–Crippen LogP) is 3.64. The number of hydrogen-bond donors (Lipinski definition) is 0. The van der Waals surface area contributed by atoms with Gasteiger partial charge in [0, 0.05) is 30.4 Å². The molecule has 22 heavy (non-hydrogen) atoms. The number of benzene rings is 1. The summed E-state index contributed by atoms with van der Waals surface area (Å²) in [4.78, 5) is 5.99. The first-order valence-corrected chi connectivity index (χ1v) is 7.35. The first-order valence-electron chi connectivity index (χ1n) is 7.35. The van der Waals surface area contributed by atoms with Crippen LogP contribution in [0, 0.1) is 11.6 Å². The number of aromatic nitrogens is 1. The van der Waals surface area contributed by atoms with E-state index in [2.05, 4.69) is 4.98 Å². The minimum atomic E-state index is -0.441. The molecule has 1 aliphatic heterocycles. The first-order chi connectivity index (χ1) is 10.5. The van der Waals surface area contributed by atoms with Crippen molar-refractivity contribution in [3.8, 4) is 11.1 Å². The molecule has 1 aliphatic rings.